The number of unbranched alkanes of at least 4 members (excludes halogenated alkanes) is 2. The highest BCUT2D eigenvalue weighted by molar-refractivity contribution is 7.13. The molecule has 0 saturated carbocycles. The summed E-state index contributed by atoms with van der Waals surface area (Å²) in [5.74, 6) is -0.848. The summed E-state index contributed by atoms with van der Waals surface area (Å²) in [6.07, 6.45) is 5.41. The molecular weight excluding hydrogens is 272 g/mol. The Hall–Kier alpha value is -0.940. The highest BCUT2D eigenvalue weighted by Gasteiger charge is 2.17. The highest BCUT2D eigenvalue weighted by atomic mass is 32.1. The quantitative estimate of drug-likeness (QED) is 0.713. The fourth-order valence-electron chi connectivity index (χ4n) is 2.10. The molecule has 0 aliphatic carbocycles. The van der Waals surface area contributed by atoms with Gasteiger partial charge in [-0.3, -0.25) is 4.90 Å². The molecule has 114 valence electrons. The molecule has 5 heteroatoms. The second-order valence-corrected chi connectivity index (χ2v) is 6.11. The topological polar surface area (TPSA) is 53.4 Å². The first-order valence-corrected chi connectivity index (χ1v) is 8.38. The van der Waals surface area contributed by atoms with Crippen molar-refractivity contribution in [1.29, 1.82) is 0 Å². The predicted molar refractivity (Wildman–Crippen MR) is 83.5 cm³/mol. The van der Waals surface area contributed by atoms with Gasteiger partial charge in [-0.1, -0.05) is 33.6 Å². The van der Waals surface area contributed by atoms with Crippen LogP contribution in [0.2, 0.25) is 0 Å². The van der Waals surface area contributed by atoms with Gasteiger partial charge in [-0.15, -0.1) is 11.3 Å². The average Bonchev–Trinajstić information content (AvgIpc) is 2.85. The van der Waals surface area contributed by atoms with E-state index in [0.29, 0.717) is 11.3 Å². The van der Waals surface area contributed by atoms with Crippen molar-refractivity contribution in [3.8, 4) is 0 Å². The normalized spacial score (nSPS) is 11.2. The van der Waals surface area contributed by atoms with Crippen LogP contribution in [0.4, 0.5) is 0 Å². The number of aryl methyl sites for hydroxylation is 1. The lowest BCUT2D eigenvalue weighted by atomic mass is 10.2. The van der Waals surface area contributed by atoms with Crippen molar-refractivity contribution in [3.05, 3.63) is 15.6 Å². The summed E-state index contributed by atoms with van der Waals surface area (Å²) in [6, 6.07) is 0. The first kappa shape index (κ1) is 17.1. The van der Waals surface area contributed by atoms with Gasteiger partial charge in [0.25, 0.3) is 0 Å². The van der Waals surface area contributed by atoms with E-state index < -0.39 is 5.97 Å². The molecule has 1 aromatic rings. The van der Waals surface area contributed by atoms with Crippen molar-refractivity contribution in [2.24, 2.45) is 0 Å². The number of nitrogens with zero attached hydrogens (tertiary/aromatic N) is 2. The van der Waals surface area contributed by atoms with E-state index in [9.17, 15) is 9.90 Å². The third-order valence-corrected chi connectivity index (χ3v) is 4.36. The van der Waals surface area contributed by atoms with Crippen LogP contribution in [0.5, 0.6) is 0 Å². The van der Waals surface area contributed by atoms with Crippen LogP contribution in [0, 0.1) is 0 Å². The van der Waals surface area contributed by atoms with E-state index in [1.807, 2.05) is 6.92 Å². The van der Waals surface area contributed by atoms with Crippen molar-refractivity contribution in [3.63, 3.8) is 0 Å². The lowest BCUT2D eigenvalue weighted by Gasteiger charge is -2.20. The number of aromatic carboxylic acids is 1. The second-order valence-electron chi connectivity index (χ2n) is 5.03. The standard InChI is InChI=1S/C15H26N2O2S/c1-4-7-9-17(10-8-5-2)11-13-16-12(6-3)14(20-13)15(18)19/h4-11H2,1-3H3,(H,18,19). The van der Waals surface area contributed by atoms with Gasteiger partial charge in [-0.25, -0.2) is 9.78 Å². The number of rotatable bonds is 10. The summed E-state index contributed by atoms with van der Waals surface area (Å²) in [4.78, 5) is 18.5. The monoisotopic (exact) mass is 298 g/mol. The molecule has 0 spiro atoms. The number of hydrogen-bond donors (Lipinski definition) is 1. The number of carbonyl (C=O) groups is 1. The molecule has 0 atom stereocenters. The summed E-state index contributed by atoms with van der Waals surface area (Å²) >= 11 is 1.34. The van der Waals surface area contributed by atoms with Gasteiger partial charge in [-0.05, 0) is 32.4 Å². The van der Waals surface area contributed by atoms with Gasteiger partial charge < -0.3 is 5.11 Å². The summed E-state index contributed by atoms with van der Waals surface area (Å²) in [5.41, 5.74) is 0.725. The number of carboxylic acid groups (broad SMARTS) is 1. The lowest BCUT2D eigenvalue weighted by Crippen LogP contribution is -2.25. The molecule has 0 aromatic carbocycles. The maximum Gasteiger partial charge on any atom is 0.347 e. The van der Waals surface area contributed by atoms with Gasteiger partial charge in [-0.2, -0.15) is 0 Å². The number of aromatic nitrogens is 1. The Morgan fingerprint density at radius 1 is 1.20 bits per heavy atom. The van der Waals surface area contributed by atoms with Crippen LogP contribution in [0.25, 0.3) is 0 Å². The minimum atomic E-state index is -0.848. The van der Waals surface area contributed by atoms with Gasteiger partial charge in [0.2, 0.25) is 0 Å². The Morgan fingerprint density at radius 2 is 1.80 bits per heavy atom. The summed E-state index contributed by atoms with van der Waals surface area (Å²) < 4.78 is 0. The van der Waals surface area contributed by atoms with Crippen molar-refractivity contribution < 1.29 is 9.90 Å². The van der Waals surface area contributed by atoms with E-state index in [4.69, 9.17) is 0 Å². The van der Waals surface area contributed by atoms with Crippen LogP contribution in [0.3, 0.4) is 0 Å². The average molecular weight is 298 g/mol. The van der Waals surface area contributed by atoms with E-state index in [1.54, 1.807) is 0 Å². The number of thiazole rings is 1. The summed E-state index contributed by atoms with van der Waals surface area (Å²) in [5, 5.41) is 10.1. The van der Waals surface area contributed by atoms with E-state index in [2.05, 4.69) is 23.7 Å². The first-order valence-electron chi connectivity index (χ1n) is 7.56. The molecule has 20 heavy (non-hydrogen) atoms. The van der Waals surface area contributed by atoms with Crippen molar-refractivity contribution >= 4 is 17.3 Å². The van der Waals surface area contributed by atoms with Gasteiger partial charge in [0.15, 0.2) is 0 Å². The van der Waals surface area contributed by atoms with Crippen molar-refractivity contribution in [1.82, 2.24) is 9.88 Å². The predicted octanol–water partition coefficient (Wildman–Crippen LogP) is 3.81. The van der Waals surface area contributed by atoms with Crippen LogP contribution in [-0.2, 0) is 13.0 Å². The molecule has 1 rings (SSSR count). The zero-order valence-electron chi connectivity index (χ0n) is 12.8. The molecule has 0 amide bonds. The molecule has 0 radical (unpaired) electrons. The minimum Gasteiger partial charge on any atom is -0.477 e. The van der Waals surface area contributed by atoms with E-state index in [1.165, 1.54) is 37.0 Å². The van der Waals surface area contributed by atoms with E-state index >= 15 is 0 Å². The molecular formula is C15H26N2O2S. The molecule has 0 unspecified atom stereocenters. The zero-order valence-corrected chi connectivity index (χ0v) is 13.6. The van der Waals surface area contributed by atoms with Crippen LogP contribution < -0.4 is 0 Å². The Morgan fingerprint density at radius 3 is 2.20 bits per heavy atom. The largest absolute Gasteiger partial charge is 0.477 e. The SMILES string of the molecule is CCCCN(CCCC)Cc1nc(CC)c(C(=O)O)s1. The fraction of sp³-hybridized carbons (Fsp3) is 0.733. The van der Waals surface area contributed by atoms with Crippen LogP contribution in [-0.4, -0.2) is 34.0 Å². The first-order chi connectivity index (χ1) is 9.62. The van der Waals surface area contributed by atoms with E-state index in [0.717, 1.165) is 30.3 Å². The van der Waals surface area contributed by atoms with Gasteiger partial charge >= 0.3 is 5.97 Å². The summed E-state index contributed by atoms with van der Waals surface area (Å²) in [7, 11) is 0. The Kier molecular flexibility index (Phi) is 7.77. The summed E-state index contributed by atoms with van der Waals surface area (Å²) in [6.45, 7) is 9.26. The number of carboxylic acids is 1. The molecule has 1 aromatic heterocycles. The van der Waals surface area contributed by atoms with Gasteiger partial charge in [0, 0.05) is 0 Å². The molecule has 0 fully saturated rings. The molecule has 0 aliphatic heterocycles. The Balaban J connectivity index is 2.73. The van der Waals surface area contributed by atoms with E-state index in [-0.39, 0.29) is 0 Å². The van der Waals surface area contributed by atoms with Crippen molar-refractivity contribution in [2.75, 3.05) is 13.1 Å². The van der Waals surface area contributed by atoms with Crippen LogP contribution >= 0.6 is 11.3 Å². The zero-order chi connectivity index (χ0) is 15.0. The van der Waals surface area contributed by atoms with Gasteiger partial charge in [0.1, 0.15) is 9.88 Å². The molecule has 0 saturated heterocycles. The lowest BCUT2D eigenvalue weighted by molar-refractivity contribution is 0.0701. The molecule has 4 nitrogen and oxygen atoms in total. The fourth-order valence-corrected chi connectivity index (χ4v) is 3.13. The highest BCUT2D eigenvalue weighted by Crippen LogP contribution is 2.21. The van der Waals surface area contributed by atoms with Crippen molar-refractivity contribution in [2.45, 2.75) is 59.4 Å². The van der Waals surface area contributed by atoms with Crippen LogP contribution in [0.1, 0.15) is 66.8 Å². The maximum absolute atomic E-state index is 11.2. The third-order valence-electron chi connectivity index (χ3n) is 3.29. The smallest absolute Gasteiger partial charge is 0.347 e. The Labute approximate surface area is 125 Å². The molecule has 0 bridgehead atoms. The molecule has 0 aliphatic rings. The number of hydrogen-bond acceptors (Lipinski definition) is 4. The van der Waals surface area contributed by atoms with Crippen LogP contribution in [0.15, 0.2) is 0 Å². The molecule has 1 N–H and O–H groups in total. The maximum atomic E-state index is 11.2. The van der Waals surface area contributed by atoms with Gasteiger partial charge in [0.05, 0.1) is 12.2 Å². The minimum absolute atomic E-state index is 0.411. The molecule has 1 heterocycles. The Bertz CT molecular complexity index is 410. The second kappa shape index (κ2) is 9.08. The third kappa shape index (κ3) is 5.21.